The number of rotatable bonds is 6. The van der Waals surface area contributed by atoms with Crippen LogP contribution in [0.1, 0.15) is 12.8 Å². The minimum Gasteiger partial charge on any atom is -0.491 e. The molecule has 6 nitrogen and oxygen atoms in total. The van der Waals surface area contributed by atoms with Crippen LogP contribution in [-0.4, -0.2) is 42.3 Å². The zero-order chi connectivity index (χ0) is 15.3. The van der Waals surface area contributed by atoms with Crippen molar-refractivity contribution < 1.29 is 24.2 Å². The number of carbonyl (C=O) groups excluding carboxylic acids is 1. The van der Waals surface area contributed by atoms with Crippen molar-refractivity contribution >= 4 is 23.5 Å². The first-order valence-corrected chi connectivity index (χ1v) is 6.91. The van der Waals surface area contributed by atoms with Crippen molar-refractivity contribution in [3.8, 4) is 5.75 Å². The number of amides is 1. The second-order valence-electron chi connectivity index (χ2n) is 4.77. The van der Waals surface area contributed by atoms with Gasteiger partial charge in [-0.1, -0.05) is 23.7 Å². The van der Waals surface area contributed by atoms with Crippen molar-refractivity contribution in [1.82, 2.24) is 5.32 Å². The Morgan fingerprint density at radius 2 is 2.19 bits per heavy atom. The maximum Gasteiger partial charge on any atom is 0.331 e. The van der Waals surface area contributed by atoms with Crippen LogP contribution < -0.4 is 10.1 Å². The fraction of sp³-hybridized carbons (Fsp3) is 0.429. The average molecular weight is 314 g/mol. The first-order chi connectivity index (χ1) is 10.0. The summed E-state index contributed by atoms with van der Waals surface area (Å²) in [6, 6.07) is 6.94. The molecule has 1 aromatic carbocycles. The molecule has 1 unspecified atom stereocenters. The number of hydrogen-bond donors (Lipinski definition) is 2. The van der Waals surface area contributed by atoms with Gasteiger partial charge in [0.15, 0.2) is 5.54 Å². The summed E-state index contributed by atoms with van der Waals surface area (Å²) in [5, 5.41) is 12.2. The molecule has 2 N–H and O–H groups in total. The Hall–Kier alpha value is -1.79. The quantitative estimate of drug-likeness (QED) is 0.830. The molecule has 1 amide bonds. The summed E-state index contributed by atoms with van der Waals surface area (Å²) < 4.78 is 10.5. The number of halogens is 1. The standard InChI is InChI=1S/C14H16ClNO5/c15-10-3-1-2-4-11(10)21-7-5-12(17)16-14(13(18)19)6-8-20-9-14/h1-4H,5-9H2,(H,16,17)(H,18,19). The summed E-state index contributed by atoms with van der Waals surface area (Å²) in [6.45, 7) is 0.425. The Kier molecular flexibility index (Phi) is 5.03. The summed E-state index contributed by atoms with van der Waals surface area (Å²) in [6.07, 6.45) is 0.305. The SMILES string of the molecule is O=C(CCOc1ccccc1Cl)NC1(C(=O)O)CCOC1. The van der Waals surface area contributed by atoms with Gasteiger partial charge in [0.2, 0.25) is 5.91 Å². The van der Waals surface area contributed by atoms with E-state index in [1.165, 1.54) is 0 Å². The number of nitrogens with one attached hydrogen (secondary N) is 1. The zero-order valence-corrected chi connectivity index (χ0v) is 12.1. The number of hydrogen-bond acceptors (Lipinski definition) is 4. The lowest BCUT2D eigenvalue weighted by Crippen LogP contribution is -2.55. The third-order valence-corrected chi connectivity index (χ3v) is 3.55. The monoisotopic (exact) mass is 313 g/mol. The van der Waals surface area contributed by atoms with Gasteiger partial charge in [-0.15, -0.1) is 0 Å². The molecule has 1 atom stereocenters. The van der Waals surface area contributed by atoms with E-state index in [-0.39, 0.29) is 26.1 Å². The van der Waals surface area contributed by atoms with Crippen LogP contribution >= 0.6 is 11.6 Å². The van der Waals surface area contributed by atoms with Crippen molar-refractivity contribution in [3.05, 3.63) is 29.3 Å². The van der Waals surface area contributed by atoms with Gasteiger partial charge in [-0.2, -0.15) is 0 Å². The molecule has 7 heteroatoms. The maximum absolute atomic E-state index is 11.8. The zero-order valence-electron chi connectivity index (χ0n) is 11.3. The fourth-order valence-electron chi connectivity index (χ4n) is 2.03. The van der Waals surface area contributed by atoms with E-state index in [4.69, 9.17) is 21.1 Å². The molecule has 0 aromatic heterocycles. The number of ether oxygens (including phenoxy) is 2. The molecule has 1 heterocycles. The van der Waals surface area contributed by atoms with Crippen LogP contribution in [0.5, 0.6) is 5.75 Å². The summed E-state index contributed by atoms with van der Waals surface area (Å²) in [5.74, 6) is -0.987. The normalized spacial score (nSPS) is 21.0. The third kappa shape index (κ3) is 3.86. The van der Waals surface area contributed by atoms with E-state index >= 15 is 0 Å². The molecular weight excluding hydrogens is 298 g/mol. The van der Waals surface area contributed by atoms with Crippen LogP contribution in [0.3, 0.4) is 0 Å². The Bertz CT molecular complexity index is 528. The molecule has 0 saturated carbocycles. The molecule has 2 rings (SSSR count). The van der Waals surface area contributed by atoms with Crippen LogP contribution in [-0.2, 0) is 14.3 Å². The molecule has 1 fully saturated rings. The first-order valence-electron chi connectivity index (χ1n) is 6.53. The molecule has 0 bridgehead atoms. The maximum atomic E-state index is 11.8. The van der Waals surface area contributed by atoms with Crippen LogP contribution in [0.2, 0.25) is 5.02 Å². The van der Waals surface area contributed by atoms with Gasteiger partial charge in [-0.25, -0.2) is 4.79 Å². The lowest BCUT2D eigenvalue weighted by atomic mass is 9.99. The molecule has 0 aliphatic carbocycles. The van der Waals surface area contributed by atoms with Gasteiger partial charge in [0, 0.05) is 13.0 Å². The van der Waals surface area contributed by atoms with Gasteiger partial charge in [0.05, 0.1) is 24.7 Å². The van der Waals surface area contributed by atoms with Crippen molar-refractivity contribution in [3.63, 3.8) is 0 Å². The van der Waals surface area contributed by atoms with Gasteiger partial charge in [-0.05, 0) is 12.1 Å². The van der Waals surface area contributed by atoms with E-state index in [2.05, 4.69) is 5.32 Å². The number of para-hydroxylation sites is 1. The third-order valence-electron chi connectivity index (χ3n) is 3.23. The minimum absolute atomic E-state index is 0.0144. The van der Waals surface area contributed by atoms with Crippen molar-refractivity contribution in [2.75, 3.05) is 19.8 Å². The van der Waals surface area contributed by atoms with E-state index in [9.17, 15) is 14.7 Å². The molecule has 1 saturated heterocycles. The first kappa shape index (κ1) is 15.6. The topological polar surface area (TPSA) is 84.9 Å². The summed E-state index contributed by atoms with van der Waals surface area (Å²) >= 11 is 5.92. The molecule has 1 aliphatic rings. The Morgan fingerprint density at radius 1 is 1.43 bits per heavy atom. The predicted octanol–water partition coefficient (Wildman–Crippen LogP) is 1.47. The summed E-state index contributed by atoms with van der Waals surface area (Å²) in [5.41, 5.74) is -1.32. The fourth-order valence-corrected chi connectivity index (χ4v) is 2.22. The molecule has 0 radical (unpaired) electrons. The van der Waals surface area contributed by atoms with E-state index in [1.54, 1.807) is 24.3 Å². The minimum atomic E-state index is -1.32. The number of carbonyl (C=O) groups is 2. The van der Waals surface area contributed by atoms with Gasteiger partial charge in [0.1, 0.15) is 5.75 Å². The number of carboxylic acids is 1. The van der Waals surface area contributed by atoms with Crippen molar-refractivity contribution in [1.29, 1.82) is 0 Å². The van der Waals surface area contributed by atoms with Gasteiger partial charge < -0.3 is 19.9 Å². The number of carboxylic acid groups (broad SMARTS) is 1. The van der Waals surface area contributed by atoms with Gasteiger partial charge in [-0.3, -0.25) is 4.79 Å². The molecule has 1 aromatic rings. The summed E-state index contributed by atoms with van der Waals surface area (Å²) in [7, 11) is 0. The van der Waals surface area contributed by atoms with Crippen LogP contribution in [0.25, 0.3) is 0 Å². The predicted molar refractivity (Wildman–Crippen MR) is 75.5 cm³/mol. The van der Waals surface area contributed by atoms with Crippen molar-refractivity contribution in [2.24, 2.45) is 0 Å². The van der Waals surface area contributed by atoms with Crippen LogP contribution in [0.15, 0.2) is 24.3 Å². The Labute approximate surface area is 127 Å². The second-order valence-corrected chi connectivity index (χ2v) is 5.17. The highest BCUT2D eigenvalue weighted by molar-refractivity contribution is 6.32. The van der Waals surface area contributed by atoms with Crippen molar-refractivity contribution in [2.45, 2.75) is 18.4 Å². The molecule has 1 aliphatic heterocycles. The number of aliphatic carboxylic acids is 1. The van der Waals surface area contributed by atoms with E-state index in [1.807, 2.05) is 0 Å². The van der Waals surface area contributed by atoms with Gasteiger partial charge in [0.25, 0.3) is 0 Å². The molecule has 114 valence electrons. The van der Waals surface area contributed by atoms with Crippen LogP contribution in [0.4, 0.5) is 0 Å². The highest BCUT2D eigenvalue weighted by Crippen LogP contribution is 2.23. The van der Waals surface area contributed by atoms with E-state index in [0.29, 0.717) is 17.4 Å². The average Bonchev–Trinajstić information content (AvgIpc) is 2.91. The van der Waals surface area contributed by atoms with E-state index < -0.39 is 17.4 Å². The smallest absolute Gasteiger partial charge is 0.331 e. The lowest BCUT2D eigenvalue weighted by Gasteiger charge is -2.23. The van der Waals surface area contributed by atoms with Gasteiger partial charge >= 0.3 is 5.97 Å². The Balaban J connectivity index is 1.82. The Morgan fingerprint density at radius 3 is 2.81 bits per heavy atom. The highest BCUT2D eigenvalue weighted by atomic mass is 35.5. The van der Waals surface area contributed by atoms with E-state index in [0.717, 1.165) is 0 Å². The molecular formula is C14H16ClNO5. The second kappa shape index (κ2) is 6.78. The molecule has 21 heavy (non-hydrogen) atoms. The highest BCUT2D eigenvalue weighted by Gasteiger charge is 2.43. The largest absolute Gasteiger partial charge is 0.491 e. The summed E-state index contributed by atoms with van der Waals surface area (Å²) in [4.78, 5) is 23.1. The molecule has 0 spiro atoms. The number of benzene rings is 1. The van der Waals surface area contributed by atoms with Crippen LogP contribution in [0, 0.1) is 0 Å². The lowest BCUT2D eigenvalue weighted by molar-refractivity contribution is -0.147.